The highest BCUT2D eigenvalue weighted by atomic mass is 19.1. The second-order valence-corrected chi connectivity index (χ2v) is 4.77. The molecule has 0 aliphatic heterocycles. The van der Waals surface area contributed by atoms with Crippen LogP contribution >= 0.6 is 0 Å². The minimum atomic E-state index is -0.321. The van der Waals surface area contributed by atoms with E-state index in [2.05, 4.69) is 16.4 Å². The van der Waals surface area contributed by atoms with Crippen molar-refractivity contribution >= 4 is 6.03 Å². The molecule has 0 saturated carbocycles. The first kappa shape index (κ1) is 15.6. The number of halogens is 1. The van der Waals surface area contributed by atoms with E-state index in [-0.39, 0.29) is 24.9 Å². The molecular weight excluding hydrogens is 285 g/mol. The first-order chi connectivity index (χ1) is 10.6. The molecule has 2 amide bonds. The molecule has 2 rings (SSSR count). The summed E-state index contributed by atoms with van der Waals surface area (Å²) in [6.45, 7) is 2.48. The molecule has 5 nitrogen and oxygen atoms in total. The number of hydrogen-bond donors (Lipinski definition) is 1. The number of nitrogens with one attached hydrogen (secondary N) is 1. The summed E-state index contributed by atoms with van der Waals surface area (Å²) in [6.07, 6.45) is 5.30. The highest BCUT2D eigenvalue weighted by Gasteiger charge is 2.13. The van der Waals surface area contributed by atoms with Crippen LogP contribution in [-0.2, 0) is 13.1 Å². The van der Waals surface area contributed by atoms with E-state index < -0.39 is 0 Å². The summed E-state index contributed by atoms with van der Waals surface area (Å²) in [7, 11) is 0. The molecule has 0 atom stereocenters. The van der Waals surface area contributed by atoms with Crippen molar-refractivity contribution in [3.8, 4) is 12.3 Å². The molecule has 0 bridgehead atoms. The van der Waals surface area contributed by atoms with Gasteiger partial charge in [-0.05, 0) is 24.6 Å². The highest BCUT2D eigenvalue weighted by Crippen LogP contribution is 2.07. The zero-order valence-electron chi connectivity index (χ0n) is 12.2. The lowest BCUT2D eigenvalue weighted by Crippen LogP contribution is -2.39. The first-order valence-corrected chi connectivity index (χ1v) is 6.71. The molecule has 0 saturated heterocycles. The largest absolute Gasteiger partial charge is 0.361 e. The van der Waals surface area contributed by atoms with Gasteiger partial charge in [-0.2, -0.15) is 0 Å². The van der Waals surface area contributed by atoms with Gasteiger partial charge in [0.05, 0.1) is 13.1 Å². The third kappa shape index (κ3) is 4.35. The van der Waals surface area contributed by atoms with Crippen LogP contribution in [-0.4, -0.2) is 22.6 Å². The van der Waals surface area contributed by atoms with Crippen molar-refractivity contribution in [2.75, 3.05) is 6.54 Å². The lowest BCUT2D eigenvalue weighted by atomic mass is 10.2. The van der Waals surface area contributed by atoms with E-state index in [1.807, 2.05) is 0 Å². The molecule has 6 heteroatoms. The molecule has 1 heterocycles. The number of hydrogen-bond acceptors (Lipinski definition) is 3. The van der Waals surface area contributed by atoms with E-state index >= 15 is 0 Å². The van der Waals surface area contributed by atoms with Crippen LogP contribution in [0.1, 0.15) is 17.0 Å². The van der Waals surface area contributed by atoms with Gasteiger partial charge in [-0.1, -0.05) is 23.2 Å². The average Bonchev–Trinajstić information content (AvgIpc) is 2.92. The minimum Gasteiger partial charge on any atom is -0.361 e. The van der Waals surface area contributed by atoms with E-state index in [0.717, 1.165) is 5.56 Å². The van der Waals surface area contributed by atoms with Crippen molar-refractivity contribution in [2.24, 2.45) is 0 Å². The van der Waals surface area contributed by atoms with E-state index in [1.54, 1.807) is 25.1 Å². The molecule has 1 aromatic carbocycles. The summed E-state index contributed by atoms with van der Waals surface area (Å²) < 4.78 is 17.8. The molecule has 114 valence electrons. The number of rotatable bonds is 5. The summed E-state index contributed by atoms with van der Waals surface area (Å²) in [5, 5.41) is 6.52. The quantitative estimate of drug-likeness (QED) is 0.863. The van der Waals surface area contributed by atoms with Crippen molar-refractivity contribution in [3.63, 3.8) is 0 Å². The molecule has 0 radical (unpaired) electrons. The van der Waals surface area contributed by atoms with Crippen LogP contribution in [0.2, 0.25) is 0 Å². The second kappa shape index (κ2) is 7.27. The van der Waals surface area contributed by atoms with Crippen LogP contribution < -0.4 is 5.32 Å². The fourth-order valence-corrected chi connectivity index (χ4v) is 1.90. The monoisotopic (exact) mass is 301 g/mol. The van der Waals surface area contributed by atoms with Crippen molar-refractivity contribution in [3.05, 3.63) is 53.2 Å². The third-order valence-corrected chi connectivity index (χ3v) is 2.95. The van der Waals surface area contributed by atoms with Gasteiger partial charge in [-0.25, -0.2) is 9.18 Å². The second-order valence-electron chi connectivity index (χ2n) is 4.77. The number of benzene rings is 1. The van der Waals surface area contributed by atoms with Crippen LogP contribution in [0.15, 0.2) is 34.9 Å². The van der Waals surface area contributed by atoms with Crippen molar-refractivity contribution < 1.29 is 13.7 Å². The Bertz CT molecular complexity index is 673. The summed E-state index contributed by atoms with van der Waals surface area (Å²) in [5.74, 6) is 2.80. The zero-order chi connectivity index (χ0) is 15.9. The van der Waals surface area contributed by atoms with Gasteiger partial charge in [0.25, 0.3) is 0 Å². The lowest BCUT2D eigenvalue weighted by molar-refractivity contribution is 0.201. The standard InChI is InChI=1S/C16H16FN3O2/c1-3-8-20(11-13-4-6-14(17)7-5-13)16(21)18-10-15-9-12(2)22-19-15/h1,4-7,9H,8,10-11H2,2H3,(H,18,21). The Labute approximate surface area is 128 Å². The van der Waals surface area contributed by atoms with Crippen molar-refractivity contribution in [1.82, 2.24) is 15.4 Å². The predicted molar refractivity (Wildman–Crippen MR) is 79.1 cm³/mol. The smallest absolute Gasteiger partial charge is 0.318 e. The fraction of sp³-hybridized carbons (Fsp3) is 0.250. The van der Waals surface area contributed by atoms with Gasteiger partial charge < -0.3 is 14.7 Å². The molecule has 0 aliphatic rings. The number of aromatic nitrogens is 1. The first-order valence-electron chi connectivity index (χ1n) is 6.71. The van der Waals surface area contributed by atoms with Crippen LogP contribution in [0.3, 0.4) is 0 Å². The summed E-state index contributed by atoms with van der Waals surface area (Å²) >= 11 is 0. The maximum atomic E-state index is 12.9. The van der Waals surface area contributed by atoms with Crippen LogP contribution in [0.4, 0.5) is 9.18 Å². The summed E-state index contributed by atoms with van der Waals surface area (Å²) in [6, 6.07) is 7.35. The third-order valence-electron chi connectivity index (χ3n) is 2.95. The maximum Gasteiger partial charge on any atom is 0.318 e. The lowest BCUT2D eigenvalue weighted by Gasteiger charge is -2.20. The summed E-state index contributed by atoms with van der Waals surface area (Å²) in [4.78, 5) is 13.6. The Kier molecular flexibility index (Phi) is 5.15. The number of amides is 2. The Hall–Kier alpha value is -2.81. The van der Waals surface area contributed by atoms with Gasteiger partial charge in [0, 0.05) is 12.6 Å². The van der Waals surface area contributed by atoms with Gasteiger partial charge in [0.15, 0.2) is 0 Å². The molecule has 22 heavy (non-hydrogen) atoms. The van der Waals surface area contributed by atoms with Gasteiger partial charge in [-0.15, -0.1) is 6.42 Å². The maximum absolute atomic E-state index is 12.9. The average molecular weight is 301 g/mol. The van der Waals surface area contributed by atoms with E-state index in [4.69, 9.17) is 10.9 Å². The molecule has 0 aliphatic carbocycles. The van der Waals surface area contributed by atoms with Crippen LogP contribution in [0.25, 0.3) is 0 Å². The summed E-state index contributed by atoms with van der Waals surface area (Å²) in [5.41, 5.74) is 1.43. The Morgan fingerprint density at radius 1 is 1.45 bits per heavy atom. The number of terminal acetylenes is 1. The minimum absolute atomic E-state index is 0.154. The molecule has 1 aromatic heterocycles. The van der Waals surface area contributed by atoms with Gasteiger partial charge >= 0.3 is 6.03 Å². The Morgan fingerprint density at radius 3 is 2.77 bits per heavy atom. The molecule has 0 spiro atoms. The van der Waals surface area contributed by atoms with Crippen LogP contribution in [0, 0.1) is 25.1 Å². The Balaban J connectivity index is 1.95. The number of carbonyl (C=O) groups is 1. The van der Waals surface area contributed by atoms with Crippen LogP contribution in [0.5, 0.6) is 0 Å². The van der Waals surface area contributed by atoms with Gasteiger partial charge in [0.1, 0.15) is 17.3 Å². The van der Waals surface area contributed by atoms with Crippen molar-refractivity contribution in [2.45, 2.75) is 20.0 Å². The highest BCUT2D eigenvalue weighted by molar-refractivity contribution is 5.74. The predicted octanol–water partition coefficient (Wildman–Crippen LogP) is 2.47. The molecular formula is C16H16FN3O2. The topological polar surface area (TPSA) is 58.4 Å². The number of carbonyl (C=O) groups excluding carboxylic acids is 1. The SMILES string of the molecule is C#CCN(Cc1ccc(F)cc1)C(=O)NCc1cc(C)on1. The van der Waals surface area contributed by atoms with E-state index in [9.17, 15) is 9.18 Å². The molecule has 0 unspecified atom stereocenters. The van der Waals surface area contributed by atoms with Gasteiger partial charge in [0.2, 0.25) is 0 Å². The fourth-order valence-electron chi connectivity index (χ4n) is 1.90. The van der Waals surface area contributed by atoms with E-state index in [0.29, 0.717) is 18.0 Å². The van der Waals surface area contributed by atoms with E-state index in [1.165, 1.54) is 17.0 Å². The number of nitrogens with zero attached hydrogens (tertiary/aromatic N) is 2. The number of aryl methyl sites for hydroxylation is 1. The zero-order valence-corrected chi connectivity index (χ0v) is 12.2. The Morgan fingerprint density at radius 2 is 2.18 bits per heavy atom. The normalized spacial score (nSPS) is 10.0. The molecule has 1 N–H and O–H groups in total. The molecule has 2 aromatic rings. The number of urea groups is 1. The molecule has 0 fully saturated rings. The van der Waals surface area contributed by atoms with Gasteiger partial charge in [-0.3, -0.25) is 0 Å². The van der Waals surface area contributed by atoms with Crippen molar-refractivity contribution in [1.29, 1.82) is 0 Å².